The minimum Gasteiger partial charge on any atom is -0.238 e. The highest BCUT2D eigenvalue weighted by molar-refractivity contribution is 5.95. The van der Waals surface area contributed by atoms with Crippen molar-refractivity contribution < 1.29 is 4.57 Å². The second-order valence-electron chi connectivity index (χ2n) is 5.90. The molecule has 0 spiro atoms. The second-order valence-corrected chi connectivity index (χ2v) is 5.90. The lowest BCUT2D eigenvalue weighted by Crippen LogP contribution is -2.35. The molecule has 0 radical (unpaired) electrons. The van der Waals surface area contributed by atoms with Gasteiger partial charge in [0.05, 0.1) is 12.0 Å². The number of rotatable bonds is 1. The van der Waals surface area contributed by atoms with Gasteiger partial charge in [0.25, 0.3) is 0 Å². The number of aromatic nitrogens is 1. The van der Waals surface area contributed by atoms with Crippen LogP contribution in [0.3, 0.4) is 0 Å². The maximum Gasteiger partial charge on any atom is 0.220 e. The summed E-state index contributed by atoms with van der Waals surface area (Å²) < 4.78 is 2.24. The molecule has 0 aliphatic carbocycles. The maximum absolute atomic E-state index is 7.21. The summed E-state index contributed by atoms with van der Waals surface area (Å²) in [5.41, 5.74) is 6.87. The fraction of sp³-hybridized carbons (Fsp3) is 0.200. The molecule has 22 heavy (non-hydrogen) atoms. The fourth-order valence-electron chi connectivity index (χ4n) is 2.95. The Kier molecular flexibility index (Phi) is 3.42. The van der Waals surface area contributed by atoms with E-state index in [0.29, 0.717) is 5.69 Å². The van der Waals surface area contributed by atoms with E-state index in [2.05, 4.69) is 67.6 Å². The van der Waals surface area contributed by atoms with Crippen molar-refractivity contribution in [2.45, 2.75) is 20.8 Å². The number of pyridine rings is 1. The molecular weight excluding hydrogens is 268 g/mol. The Labute approximate surface area is 131 Å². The first-order chi connectivity index (χ1) is 10.5. The molecule has 0 amide bonds. The SMILES string of the molecule is [C-]#[N+]c1ccc2c(-c3cc(C)ccc3C)[n+](C)c(C)cc2c1. The standard InChI is InChI=1S/C20H19N2/c1-13-6-7-14(2)19(10-13)20-18-9-8-17(21-4)12-16(18)11-15(3)22(20)5/h6-12H,1-3,5H3/q+1. The van der Waals surface area contributed by atoms with Crippen LogP contribution in [0.15, 0.2) is 42.5 Å². The molecule has 0 unspecified atom stereocenters. The van der Waals surface area contributed by atoms with Crippen molar-refractivity contribution in [1.29, 1.82) is 0 Å². The van der Waals surface area contributed by atoms with Gasteiger partial charge in [-0.25, -0.2) is 4.85 Å². The van der Waals surface area contributed by atoms with Crippen molar-refractivity contribution in [3.8, 4) is 11.3 Å². The van der Waals surface area contributed by atoms with Gasteiger partial charge in [-0.2, -0.15) is 4.57 Å². The average Bonchev–Trinajstić information content (AvgIpc) is 2.51. The molecule has 0 saturated heterocycles. The van der Waals surface area contributed by atoms with Crippen LogP contribution in [0.5, 0.6) is 0 Å². The third-order valence-corrected chi connectivity index (χ3v) is 4.30. The molecule has 2 aromatic carbocycles. The van der Waals surface area contributed by atoms with Crippen LogP contribution in [0.1, 0.15) is 16.8 Å². The highest BCUT2D eigenvalue weighted by atomic mass is 14.9. The van der Waals surface area contributed by atoms with Gasteiger partial charge >= 0.3 is 0 Å². The van der Waals surface area contributed by atoms with E-state index >= 15 is 0 Å². The minimum absolute atomic E-state index is 0.688. The third-order valence-electron chi connectivity index (χ3n) is 4.30. The molecule has 2 heteroatoms. The maximum atomic E-state index is 7.21. The van der Waals surface area contributed by atoms with Gasteiger partial charge < -0.3 is 0 Å². The highest BCUT2D eigenvalue weighted by Crippen LogP contribution is 2.31. The van der Waals surface area contributed by atoms with Gasteiger partial charge in [0.2, 0.25) is 5.69 Å². The molecule has 1 aromatic heterocycles. The normalized spacial score (nSPS) is 10.7. The van der Waals surface area contributed by atoms with Crippen LogP contribution in [0.2, 0.25) is 0 Å². The minimum atomic E-state index is 0.688. The van der Waals surface area contributed by atoms with Gasteiger partial charge in [0, 0.05) is 18.6 Å². The molecule has 0 aliphatic heterocycles. The van der Waals surface area contributed by atoms with E-state index in [9.17, 15) is 0 Å². The molecule has 3 aromatic rings. The zero-order chi connectivity index (χ0) is 15.9. The summed E-state index contributed by atoms with van der Waals surface area (Å²) in [4.78, 5) is 3.55. The molecule has 0 saturated carbocycles. The van der Waals surface area contributed by atoms with Crippen LogP contribution in [-0.4, -0.2) is 0 Å². The summed E-state index contributed by atoms with van der Waals surface area (Å²) in [5.74, 6) is 0. The highest BCUT2D eigenvalue weighted by Gasteiger charge is 2.19. The van der Waals surface area contributed by atoms with Gasteiger partial charge in [-0.15, -0.1) is 0 Å². The van der Waals surface area contributed by atoms with E-state index in [-0.39, 0.29) is 0 Å². The van der Waals surface area contributed by atoms with Gasteiger partial charge in [-0.3, -0.25) is 0 Å². The topological polar surface area (TPSA) is 8.24 Å². The first kappa shape index (κ1) is 14.3. The van der Waals surface area contributed by atoms with Crippen LogP contribution in [0.4, 0.5) is 5.69 Å². The molecule has 3 rings (SSSR count). The second kappa shape index (κ2) is 5.27. The van der Waals surface area contributed by atoms with Crippen molar-refractivity contribution in [2.24, 2.45) is 7.05 Å². The zero-order valence-electron chi connectivity index (χ0n) is 13.4. The van der Waals surface area contributed by atoms with Crippen molar-refractivity contribution in [1.82, 2.24) is 0 Å². The average molecular weight is 287 g/mol. The molecule has 0 N–H and O–H groups in total. The number of hydrogen-bond donors (Lipinski definition) is 0. The lowest BCUT2D eigenvalue weighted by atomic mass is 9.97. The van der Waals surface area contributed by atoms with Gasteiger partial charge in [0.1, 0.15) is 7.05 Å². The molecule has 0 atom stereocenters. The number of hydrogen-bond acceptors (Lipinski definition) is 0. The van der Waals surface area contributed by atoms with Crippen LogP contribution in [0.25, 0.3) is 26.9 Å². The Morgan fingerprint density at radius 3 is 2.45 bits per heavy atom. The van der Waals surface area contributed by atoms with E-state index in [1.54, 1.807) is 0 Å². The molecule has 1 heterocycles. The van der Waals surface area contributed by atoms with E-state index in [1.807, 2.05) is 12.1 Å². The van der Waals surface area contributed by atoms with Crippen molar-refractivity contribution in [3.05, 3.63) is 70.7 Å². The Hall–Kier alpha value is -2.66. The van der Waals surface area contributed by atoms with Crippen LogP contribution >= 0.6 is 0 Å². The molecule has 0 bridgehead atoms. The van der Waals surface area contributed by atoms with Gasteiger partial charge in [-0.05, 0) is 36.9 Å². The van der Waals surface area contributed by atoms with Gasteiger partial charge in [-0.1, -0.05) is 29.8 Å². The Morgan fingerprint density at radius 1 is 0.955 bits per heavy atom. The quantitative estimate of drug-likeness (QED) is 0.448. The predicted molar refractivity (Wildman–Crippen MR) is 91.0 cm³/mol. The number of aryl methyl sites for hydroxylation is 3. The summed E-state index contributed by atoms with van der Waals surface area (Å²) in [6, 6.07) is 14.7. The molecular formula is C20H19N2+. The summed E-state index contributed by atoms with van der Waals surface area (Å²) in [6.07, 6.45) is 0. The van der Waals surface area contributed by atoms with Crippen molar-refractivity contribution in [3.63, 3.8) is 0 Å². The number of nitrogens with zero attached hydrogens (tertiary/aromatic N) is 2. The lowest BCUT2D eigenvalue weighted by Gasteiger charge is -2.11. The van der Waals surface area contributed by atoms with E-state index in [4.69, 9.17) is 6.57 Å². The molecule has 2 nitrogen and oxygen atoms in total. The van der Waals surface area contributed by atoms with Crippen molar-refractivity contribution >= 4 is 16.5 Å². The summed E-state index contributed by atoms with van der Waals surface area (Å²) in [6.45, 7) is 13.6. The Balaban J connectivity index is 2.44. The summed E-state index contributed by atoms with van der Waals surface area (Å²) in [5, 5.41) is 2.31. The van der Waals surface area contributed by atoms with Crippen LogP contribution in [0, 0.1) is 27.3 Å². The van der Waals surface area contributed by atoms with Gasteiger partial charge in [0.15, 0.2) is 11.4 Å². The largest absolute Gasteiger partial charge is 0.238 e. The van der Waals surface area contributed by atoms with E-state index < -0.39 is 0 Å². The summed E-state index contributed by atoms with van der Waals surface area (Å²) >= 11 is 0. The Bertz CT molecular complexity index is 931. The Morgan fingerprint density at radius 2 is 1.73 bits per heavy atom. The predicted octanol–water partition coefficient (Wildman–Crippen LogP) is 4.81. The van der Waals surface area contributed by atoms with E-state index in [0.717, 1.165) is 5.39 Å². The molecule has 108 valence electrons. The summed E-state index contributed by atoms with van der Waals surface area (Å²) in [7, 11) is 2.11. The van der Waals surface area contributed by atoms with Crippen molar-refractivity contribution in [2.75, 3.05) is 0 Å². The fourth-order valence-corrected chi connectivity index (χ4v) is 2.95. The zero-order valence-corrected chi connectivity index (χ0v) is 13.4. The third kappa shape index (κ3) is 2.25. The smallest absolute Gasteiger partial charge is 0.220 e. The first-order valence-corrected chi connectivity index (χ1v) is 7.40. The van der Waals surface area contributed by atoms with E-state index in [1.165, 1.54) is 33.5 Å². The number of fused-ring (bicyclic) bond motifs is 1. The lowest BCUT2D eigenvalue weighted by molar-refractivity contribution is -0.665. The number of benzene rings is 2. The van der Waals surface area contributed by atoms with Crippen LogP contribution < -0.4 is 4.57 Å². The monoisotopic (exact) mass is 287 g/mol. The van der Waals surface area contributed by atoms with Crippen LogP contribution in [-0.2, 0) is 7.05 Å². The molecule has 0 fully saturated rings. The first-order valence-electron chi connectivity index (χ1n) is 7.40. The molecule has 0 aliphatic rings.